The van der Waals surface area contributed by atoms with Crippen molar-refractivity contribution in [3.05, 3.63) is 52.4 Å². The summed E-state index contributed by atoms with van der Waals surface area (Å²) >= 11 is 6.28. The summed E-state index contributed by atoms with van der Waals surface area (Å²) in [6, 6.07) is 7.02. The number of amides is 1. The van der Waals surface area contributed by atoms with Crippen LogP contribution in [0.1, 0.15) is 34.2 Å². The number of rotatable bonds is 3. The standard InChI is InChI=1S/C17H19ClN2O3.ClH/c1-19-17(21)11-3-4-15(13(18)9-11)23-14-5-7-20(2)10-16-12(14)6-8-22-16;/h3-4,6,8-9,14H,5,7,10H2,1-2H3,(H,19,21);1H. The fraction of sp³-hybridized carbons (Fsp3) is 0.353. The van der Waals surface area contributed by atoms with E-state index in [0.717, 1.165) is 30.8 Å². The number of fused-ring (bicyclic) bond motifs is 1. The smallest absolute Gasteiger partial charge is 0.251 e. The highest BCUT2D eigenvalue weighted by Crippen LogP contribution is 2.34. The van der Waals surface area contributed by atoms with Gasteiger partial charge in [-0.2, -0.15) is 0 Å². The minimum absolute atomic E-state index is 0. The lowest BCUT2D eigenvalue weighted by atomic mass is 10.1. The zero-order valence-electron chi connectivity index (χ0n) is 13.5. The van der Waals surface area contributed by atoms with E-state index < -0.39 is 0 Å². The van der Waals surface area contributed by atoms with Crippen LogP contribution in [-0.4, -0.2) is 31.4 Å². The second-order valence-corrected chi connectivity index (χ2v) is 6.06. The summed E-state index contributed by atoms with van der Waals surface area (Å²) in [6.45, 7) is 1.67. The maximum atomic E-state index is 11.6. The highest BCUT2D eigenvalue weighted by atomic mass is 35.5. The van der Waals surface area contributed by atoms with Crippen molar-refractivity contribution in [2.45, 2.75) is 19.1 Å². The Kier molecular flexibility index (Phi) is 6.15. The van der Waals surface area contributed by atoms with Crippen LogP contribution < -0.4 is 10.1 Å². The zero-order chi connectivity index (χ0) is 16.4. The van der Waals surface area contributed by atoms with Crippen molar-refractivity contribution in [1.29, 1.82) is 0 Å². The van der Waals surface area contributed by atoms with E-state index in [-0.39, 0.29) is 24.4 Å². The molecule has 1 aliphatic heterocycles. The highest BCUT2D eigenvalue weighted by Gasteiger charge is 2.25. The predicted octanol–water partition coefficient (Wildman–Crippen LogP) is 3.67. The van der Waals surface area contributed by atoms with Crippen molar-refractivity contribution in [1.82, 2.24) is 10.2 Å². The van der Waals surface area contributed by atoms with E-state index in [1.165, 1.54) is 0 Å². The lowest BCUT2D eigenvalue weighted by Crippen LogP contribution is -2.18. The largest absolute Gasteiger partial charge is 0.484 e. The number of ether oxygens (including phenoxy) is 1. The minimum Gasteiger partial charge on any atom is -0.484 e. The quantitative estimate of drug-likeness (QED) is 0.895. The van der Waals surface area contributed by atoms with Gasteiger partial charge in [0.15, 0.2) is 0 Å². The van der Waals surface area contributed by atoms with Crippen LogP contribution in [-0.2, 0) is 6.54 Å². The Balaban J connectivity index is 0.00000208. The van der Waals surface area contributed by atoms with Crippen molar-refractivity contribution in [2.75, 3.05) is 20.6 Å². The van der Waals surface area contributed by atoms with E-state index in [2.05, 4.69) is 17.3 Å². The first kappa shape index (κ1) is 18.6. The molecule has 1 aromatic heterocycles. The van der Waals surface area contributed by atoms with E-state index in [4.69, 9.17) is 20.8 Å². The van der Waals surface area contributed by atoms with Gasteiger partial charge in [0.1, 0.15) is 17.6 Å². The molecule has 0 fully saturated rings. The van der Waals surface area contributed by atoms with Crippen LogP contribution in [0.5, 0.6) is 5.75 Å². The van der Waals surface area contributed by atoms with Crippen LogP contribution in [0.3, 0.4) is 0 Å². The van der Waals surface area contributed by atoms with Crippen molar-refractivity contribution >= 4 is 29.9 Å². The normalized spacial score (nSPS) is 17.4. The number of hydrogen-bond acceptors (Lipinski definition) is 4. The first-order valence-electron chi connectivity index (χ1n) is 7.51. The fourth-order valence-corrected chi connectivity index (χ4v) is 2.97. The van der Waals surface area contributed by atoms with Crippen molar-refractivity contribution in [3.63, 3.8) is 0 Å². The van der Waals surface area contributed by atoms with Gasteiger partial charge in [0.2, 0.25) is 0 Å². The molecule has 0 saturated heterocycles. The number of benzene rings is 1. The van der Waals surface area contributed by atoms with E-state index in [1.807, 2.05) is 6.07 Å². The Morgan fingerprint density at radius 1 is 1.42 bits per heavy atom. The summed E-state index contributed by atoms with van der Waals surface area (Å²) < 4.78 is 11.7. The third kappa shape index (κ3) is 3.86. The van der Waals surface area contributed by atoms with Gasteiger partial charge >= 0.3 is 0 Å². The van der Waals surface area contributed by atoms with E-state index in [1.54, 1.807) is 31.5 Å². The second-order valence-electron chi connectivity index (χ2n) is 5.66. The molecule has 0 bridgehead atoms. The van der Waals surface area contributed by atoms with Crippen LogP contribution in [0.15, 0.2) is 34.9 Å². The molecule has 130 valence electrons. The van der Waals surface area contributed by atoms with Gasteiger partial charge in [-0.05, 0) is 31.3 Å². The molecular weight excluding hydrogens is 351 g/mol. The molecule has 0 saturated carbocycles. The molecule has 24 heavy (non-hydrogen) atoms. The number of carbonyl (C=O) groups is 1. The molecule has 1 unspecified atom stereocenters. The number of nitrogens with one attached hydrogen (secondary N) is 1. The first-order valence-corrected chi connectivity index (χ1v) is 7.89. The predicted molar refractivity (Wildman–Crippen MR) is 95.1 cm³/mol. The zero-order valence-corrected chi connectivity index (χ0v) is 15.1. The number of furan rings is 1. The SMILES string of the molecule is CNC(=O)c1ccc(OC2CCN(C)Cc3occc32)c(Cl)c1.Cl. The Morgan fingerprint density at radius 2 is 2.21 bits per heavy atom. The molecule has 1 N–H and O–H groups in total. The third-order valence-electron chi connectivity index (χ3n) is 4.00. The summed E-state index contributed by atoms with van der Waals surface area (Å²) in [5.41, 5.74) is 1.57. The van der Waals surface area contributed by atoms with Gasteiger partial charge in [-0.15, -0.1) is 12.4 Å². The molecule has 1 amide bonds. The van der Waals surface area contributed by atoms with Crippen LogP contribution in [0.2, 0.25) is 5.02 Å². The molecule has 7 heteroatoms. The third-order valence-corrected chi connectivity index (χ3v) is 4.30. The average molecular weight is 371 g/mol. The number of halogens is 2. The Bertz CT molecular complexity index is 718. The minimum atomic E-state index is -0.174. The maximum absolute atomic E-state index is 11.6. The Morgan fingerprint density at radius 3 is 2.92 bits per heavy atom. The summed E-state index contributed by atoms with van der Waals surface area (Å²) in [5, 5.41) is 3.00. The van der Waals surface area contributed by atoms with E-state index in [0.29, 0.717) is 16.3 Å². The van der Waals surface area contributed by atoms with Gasteiger partial charge in [0, 0.05) is 31.1 Å². The first-order chi connectivity index (χ1) is 11.1. The average Bonchev–Trinajstić information content (AvgIpc) is 2.94. The van der Waals surface area contributed by atoms with Gasteiger partial charge in [-0.1, -0.05) is 11.6 Å². The summed E-state index contributed by atoms with van der Waals surface area (Å²) in [4.78, 5) is 13.8. The molecular formula is C17H20Cl2N2O3. The Hall–Kier alpha value is -1.69. The molecule has 0 aliphatic carbocycles. The maximum Gasteiger partial charge on any atom is 0.251 e. The van der Waals surface area contributed by atoms with Gasteiger partial charge in [-0.3, -0.25) is 9.69 Å². The second kappa shape index (κ2) is 7.92. The number of hydrogen-bond donors (Lipinski definition) is 1. The highest BCUT2D eigenvalue weighted by molar-refractivity contribution is 6.32. The topological polar surface area (TPSA) is 54.7 Å². The van der Waals surface area contributed by atoms with Crippen molar-refractivity contribution in [2.24, 2.45) is 0 Å². The Labute approximate surface area is 152 Å². The van der Waals surface area contributed by atoms with Crippen LogP contribution in [0.25, 0.3) is 0 Å². The van der Waals surface area contributed by atoms with Gasteiger partial charge < -0.3 is 14.5 Å². The molecule has 5 nitrogen and oxygen atoms in total. The summed E-state index contributed by atoms with van der Waals surface area (Å²) in [6.07, 6.45) is 2.42. The van der Waals surface area contributed by atoms with Crippen LogP contribution in [0.4, 0.5) is 0 Å². The van der Waals surface area contributed by atoms with E-state index >= 15 is 0 Å². The van der Waals surface area contributed by atoms with Gasteiger partial charge in [-0.25, -0.2) is 0 Å². The molecule has 2 aromatic rings. The molecule has 0 spiro atoms. The number of carbonyl (C=O) groups excluding carboxylic acids is 1. The molecule has 1 atom stereocenters. The molecule has 1 aliphatic rings. The molecule has 2 heterocycles. The van der Waals surface area contributed by atoms with Gasteiger partial charge in [0.05, 0.1) is 17.8 Å². The lowest BCUT2D eigenvalue weighted by Gasteiger charge is -2.19. The van der Waals surface area contributed by atoms with Gasteiger partial charge in [0.25, 0.3) is 5.91 Å². The summed E-state index contributed by atoms with van der Waals surface area (Å²) in [5.74, 6) is 1.32. The lowest BCUT2D eigenvalue weighted by molar-refractivity contribution is 0.0963. The molecule has 0 radical (unpaired) electrons. The fourth-order valence-electron chi connectivity index (χ4n) is 2.74. The van der Waals surface area contributed by atoms with Crippen LogP contribution in [0, 0.1) is 0 Å². The molecule has 3 rings (SSSR count). The summed E-state index contributed by atoms with van der Waals surface area (Å²) in [7, 11) is 3.64. The van der Waals surface area contributed by atoms with Crippen LogP contribution >= 0.6 is 24.0 Å². The van der Waals surface area contributed by atoms with Crippen molar-refractivity contribution in [3.8, 4) is 5.75 Å². The molecule has 1 aromatic carbocycles. The number of nitrogens with zero attached hydrogens (tertiary/aromatic N) is 1. The van der Waals surface area contributed by atoms with Crippen molar-refractivity contribution < 1.29 is 13.9 Å². The van der Waals surface area contributed by atoms with E-state index in [9.17, 15) is 4.79 Å². The monoisotopic (exact) mass is 370 g/mol.